The van der Waals surface area contributed by atoms with Crippen molar-refractivity contribution in [3.05, 3.63) is 12.4 Å². The van der Waals surface area contributed by atoms with Gasteiger partial charge in [-0.25, -0.2) is 0 Å². The van der Waals surface area contributed by atoms with E-state index in [9.17, 15) is 0 Å². The summed E-state index contributed by atoms with van der Waals surface area (Å²) in [6.45, 7) is 3.40. The Morgan fingerprint density at radius 3 is 2.00 bits per heavy atom. The van der Waals surface area contributed by atoms with Gasteiger partial charge in [0.2, 0.25) is 0 Å². The fourth-order valence-electron chi connectivity index (χ4n) is 0. The van der Waals surface area contributed by atoms with Crippen LogP contribution in [0.1, 0.15) is 0 Å². The molecular formula is C3H5P. The third-order valence-electron chi connectivity index (χ3n) is 0.129. The molecule has 1 heteroatoms. The van der Waals surface area contributed by atoms with Crippen molar-refractivity contribution in [3.63, 3.8) is 0 Å². The summed E-state index contributed by atoms with van der Waals surface area (Å²) in [5.41, 5.74) is 0. The zero-order valence-corrected chi connectivity index (χ0v) is 3.33. The first-order valence-electron chi connectivity index (χ1n) is 0.983. The smallest absolute Gasteiger partial charge is 0.0424 e. The van der Waals surface area contributed by atoms with Gasteiger partial charge in [-0.1, -0.05) is 21.1 Å². The highest BCUT2D eigenvalue weighted by Gasteiger charge is 1.30. The van der Waals surface area contributed by atoms with E-state index in [2.05, 4.69) is 12.9 Å². The molecule has 0 aromatic rings. The molecule has 0 fully saturated rings. The van der Waals surface area contributed by atoms with Gasteiger partial charge in [-0.3, -0.25) is 0 Å². The van der Waals surface area contributed by atoms with Gasteiger partial charge in [-0.15, -0.1) is 0 Å². The highest BCUT2D eigenvalue weighted by atomic mass is 31.1. The summed E-state index contributed by atoms with van der Waals surface area (Å²) in [5, 5.41) is 0. The molecule has 0 nitrogen and oxygen atoms in total. The lowest BCUT2D eigenvalue weighted by atomic mass is 11.3. The van der Waals surface area contributed by atoms with Gasteiger partial charge in [0.05, 0.1) is 0 Å². The highest BCUT2D eigenvalue weighted by molar-refractivity contribution is 7.40. The summed E-state index contributed by atoms with van der Waals surface area (Å²) < 4.78 is 0. The quantitative estimate of drug-likeness (QED) is 0.412. The van der Waals surface area contributed by atoms with E-state index in [1.807, 2.05) is 0 Å². The van der Waals surface area contributed by atoms with Gasteiger partial charge in [-0.2, -0.15) is 0 Å². The van der Waals surface area contributed by atoms with Crippen molar-refractivity contribution in [1.29, 1.82) is 0 Å². The molecule has 0 saturated heterocycles. The maximum Gasteiger partial charge on any atom is -0.0424 e. The molecule has 0 atom stereocenters. The SMILES string of the molecule is C=CP=C. The van der Waals surface area contributed by atoms with Crippen LogP contribution in [0, 0.1) is 0 Å². The average molecular weight is 72.0 g/mol. The number of rotatable bonds is 1. The summed E-state index contributed by atoms with van der Waals surface area (Å²) in [5.74, 6) is 1.74. The van der Waals surface area contributed by atoms with Crippen LogP contribution in [0.2, 0.25) is 0 Å². The van der Waals surface area contributed by atoms with Crippen LogP contribution in [0.4, 0.5) is 0 Å². The molecule has 0 amide bonds. The van der Waals surface area contributed by atoms with E-state index in [-0.39, 0.29) is 0 Å². The molecule has 0 saturated carbocycles. The summed E-state index contributed by atoms with van der Waals surface area (Å²) in [4.78, 5) is 0. The minimum atomic E-state index is 1.01. The van der Waals surface area contributed by atoms with Crippen molar-refractivity contribution < 1.29 is 0 Å². The Morgan fingerprint density at radius 2 is 2.00 bits per heavy atom. The summed E-state index contributed by atoms with van der Waals surface area (Å²) >= 11 is 0. The lowest BCUT2D eigenvalue weighted by Gasteiger charge is -1.43. The van der Waals surface area contributed by atoms with E-state index in [4.69, 9.17) is 0 Å². The fourth-order valence-corrected chi connectivity index (χ4v) is 0. The number of hydrogen-bond donors (Lipinski definition) is 0. The summed E-state index contributed by atoms with van der Waals surface area (Å²) in [6.07, 6.45) is 3.46. The molecule has 0 heterocycles. The zero-order valence-electron chi connectivity index (χ0n) is 2.44. The van der Waals surface area contributed by atoms with Crippen molar-refractivity contribution in [2.24, 2.45) is 0 Å². The standard InChI is InChI=1S/C3H5P/c1-3-4-2/h3H,1-2H2. The van der Waals surface area contributed by atoms with E-state index >= 15 is 0 Å². The lowest BCUT2D eigenvalue weighted by Crippen LogP contribution is -1.05. The Hall–Kier alpha value is -0.0900. The monoisotopic (exact) mass is 72.0 g/mol. The Bertz CT molecular complexity index is 24.3. The predicted molar refractivity (Wildman–Crippen MR) is 24.2 cm³/mol. The first-order chi connectivity index (χ1) is 1.91. The first-order valence-corrected chi connectivity index (χ1v) is 2.13. The molecule has 0 aliphatic carbocycles. The van der Waals surface area contributed by atoms with Crippen molar-refractivity contribution in [1.82, 2.24) is 0 Å². The van der Waals surface area contributed by atoms with Gasteiger partial charge < -0.3 is 0 Å². The van der Waals surface area contributed by atoms with Crippen LogP contribution in [0.3, 0.4) is 0 Å². The van der Waals surface area contributed by atoms with Crippen molar-refractivity contribution in [2.75, 3.05) is 0 Å². The van der Waals surface area contributed by atoms with Crippen LogP contribution < -0.4 is 0 Å². The average Bonchev–Trinajstić information content (AvgIpc) is 1.37. The van der Waals surface area contributed by atoms with Gasteiger partial charge in [-0.05, 0) is 5.82 Å². The van der Waals surface area contributed by atoms with E-state index in [1.54, 1.807) is 5.82 Å². The van der Waals surface area contributed by atoms with Crippen LogP contribution in [0.25, 0.3) is 0 Å². The largest absolute Gasteiger partial charge is 0.0945 e. The molecule has 0 rings (SSSR count). The molecule has 0 bridgehead atoms. The molecule has 0 N–H and O–H groups in total. The van der Waals surface area contributed by atoms with Gasteiger partial charge in [0, 0.05) is 0 Å². The van der Waals surface area contributed by atoms with E-state index in [0.29, 0.717) is 0 Å². The molecule has 0 spiro atoms. The van der Waals surface area contributed by atoms with Gasteiger partial charge in [0.1, 0.15) is 0 Å². The second-order valence-electron chi connectivity index (χ2n) is 0.365. The summed E-state index contributed by atoms with van der Waals surface area (Å²) in [7, 11) is 1.01. The van der Waals surface area contributed by atoms with Crippen LogP contribution >= 0.6 is 8.20 Å². The molecular weight excluding hydrogens is 67.0 g/mol. The molecule has 0 aliphatic heterocycles. The lowest BCUT2D eigenvalue weighted by molar-refractivity contribution is 2.67. The minimum absolute atomic E-state index is 1.01. The summed E-state index contributed by atoms with van der Waals surface area (Å²) in [6, 6.07) is 0. The normalized spacial score (nSPS) is 7.00. The maximum absolute atomic E-state index is 3.46. The molecule has 0 unspecified atom stereocenters. The van der Waals surface area contributed by atoms with E-state index in [0.717, 1.165) is 8.20 Å². The molecule has 0 aliphatic rings. The first kappa shape index (κ1) is 3.91. The van der Waals surface area contributed by atoms with Crippen LogP contribution in [0.5, 0.6) is 0 Å². The van der Waals surface area contributed by atoms with Crippen LogP contribution in [-0.4, -0.2) is 6.30 Å². The van der Waals surface area contributed by atoms with Crippen LogP contribution in [0.15, 0.2) is 12.4 Å². The van der Waals surface area contributed by atoms with E-state index in [1.165, 1.54) is 0 Å². The maximum atomic E-state index is 3.46. The Morgan fingerprint density at radius 1 is 1.75 bits per heavy atom. The van der Waals surface area contributed by atoms with Crippen molar-refractivity contribution in [2.45, 2.75) is 0 Å². The van der Waals surface area contributed by atoms with Crippen LogP contribution in [-0.2, 0) is 0 Å². The second kappa shape index (κ2) is 2.91. The Labute approximate surface area is 28.0 Å². The molecule has 0 aromatic carbocycles. The minimum Gasteiger partial charge on any atom is -0.0945 e. The van der Waals surface area contributed by atoms with Crippen molar-refractivity contribution >= 4 is 14.5 Å². The molecule has 22 valence electrons. The zero-order chi connectivity index (χ0) is 3.41. The fraction of sp³-hybridized carbons (Fsp3) is 0. The third-order valence-corrected chi connectivity index (χ3v) is 0.387. The highest BCUT2D eigenvalue weighted by Crippen LogP contribution is 1.83. The second-order valence-corrected chi connectivity index (χ2v) is 1.10. The molecule has 0 aromatic heterocycles. The molecule has 0 radical (unpaired) electrons. The van der Waals surface area contributed by atoms with Gasteiger partial charge >= 0.3 is 0 Å². The van der Waals surface area contributed by atoms with Crippen molar-refractivity contribution in [3.8, 4) is 0 Å². The Balaban J connectivity index is 2.73. The number of hydrogen-bond acceptors (Lipinski definition) is 0. The van der Waals surface area contributed by atoms with Gasteiger partial charge in [0.25, 0.3) is 0 Å². The Kier molecular flexibility index (Phi) is 2.84. The third kappa shape index (κ3) is 1.91. The molecule has 4 heavy (non-hydrogen) atoms. The topological polar surface area (TPSA) is 0 Å². The van der Waals surface area contributed by atoms with E-state index < -0.39 is 0 Å². The van der Waals surface area contributed by atoms with Gasteiger partial charge in [0.15, 0.2) is 0 Å². The predicted octanol–water partition coefficient (Wildman–Crippen LogP) is 1.51.